The Kier molecular flexibility index (Phi) is 13.0. The van der Waals surface area contributed by atoms with E-state index in [1.165, 1.54) is 12.7 Å². The molecule has 0 bridgehead atoms. The van der Waals surface area contributed by atoms with Crippen LogP contribution < -0.4 is 74.2 Å². The molecular weight excluding hydrogens is 397 g/mol. The van der Waals surface area contributed by atoms with Gasteiger partial charge >= 0.3 is 59.1 Å². The molecule has 14 heteroatoms. The van der Waals surface area contributed by atoms with Crippen molar-refractivity contribution in [3.05, 3.63) is 12.7 Å². The molecule has 2 aromatic heterocycles. The van der Waals surface area contributed by atoms with Crippen LogP contribution in [0.2, 0.25) is 0 Å². The summed E-state index contributed by atoms with van der Waals surface area (Å²) in [4.78, 5) is 35.6. The maximum absolute atomic E-state index is 10.5. The van der Waals surface area contributed by atoms with Crippen LogP contribution in [0.25, 0.3) is 11.2 Å². The number of imidazole rings is 1. The van der Waals surface area contributed by atoms with Crippen LogP contribution in [0.3, 0.4) is 0 Å². The van der Waals surface area contributed by atoms with E-state index in [9.17, 15) is 19.5 Å². The van der Waals surface area contributed by atoms with Crippen LogP contribution >= 0.6 is 7.60 Å². The van der Waals surface area contributed by atoms with Gasteiger partial charge in [0.05, 0.1) is 31.9 Å². The average molecular weight is 418 g/mol. The maximum atomic E-state index is 10.5. The Morgan fingerprint density at radius 2 is 2.04 bits per heavy atom. The van der Waals surface area contributed by atoms with Gasteiger partial charge in [0.2, 0.25) is 0 Å². The Hall–Kier alpha value is 0.380. The summed E-state index contributed by atoms with van der Waals surface area (Å²) in [6.45, 7) is 1.32. The first-order valence-electron chi connectivity index (χ1n) is 7.57. The first-order chi connectivity index (χ1) is 11.8. The van der Waals surface area contributed by atoms with E-state index in [-0.39, 0.29) is 72.3 Å². The van der Waals surface area contributed by atoms with Gasteiger partial charge in [0, 0.05) is 13.1 Å². The van der Waals surface area contributed by atoms with Crippen molar-refractivity contribution in [2.45, 2.75) is 12.6 Å². The van der Waals surface area contributed by atoms with Gasteiger partial charge in [-0.15, -0.1) is 0 Å². The monoisotopic (exact) mass is 418 g/mol. The second kappa shape index (κ2) is 12.8. The van der Waals surface area contributed by atoms with Gasteiger partial charge in [-0.1, -0.05) is 0 Å². The zero-order chi connectivity index (χ0) is 18.4. The van der Waals surface area contributed by atoms with Crippen LogP contribution in [0.4, 0.5) is 5.82 Å². The van der Waals surface area contributed by atoms with Crippen molar-refractivity contribution < 1.29 is 83.3 Å². The number of hydrogen-bond donors (Lipinski definition) is 2. The zero-order valence-electron chi connectivity index (χ0n) is 16.0. The van der Waals surface area contributed by atoms with Crippen molar-refractivity contribution in [1.29, 1.82) is 0 Å². The molecule has 2 N–H and O–H groups in total. The molecule has 0 saturated heterocycles. The van der Waals surface area contributed by atoms with Crippen LogP contribution in [0.1, 0.15) is 0 Å². The summed E-state index contributed by atoms with van der Waals surface area (Å²) in [6, 6.07) is 0. The Labute approximate surface area is 201 Å². The minimum absolute atomic E-state index is 0. The number of aromatic nitrogens is 4. The molecule has 0 fully saturated rings. The molecule has 0 saturated carbocycles. The van der Waals surface area contributed by atoms with E-state index in [1.807, 2.05) is 19.0 Å². The number of aliphatic hydroxyl groups is 1. The maximum Gasteiger partial charge on any atom is 1.00 e. The third kappa shape index (κ3) is 9.62. The molecule has 0 aliphatic rings. The van der Waals surface area contributed by atoms with Crippen molar-refractivity contribution in [2.24, 2.45) is 0 Å². The average Bonchev–Trinajstić information content (AvgIpc) is 2.89. The molecule has 0 spiro atoms. The summed E-state index contributed by atoms with van der Waals surface area (Å²) in [5.74, 6) is 0.593. The largest absolute Gasteiger partial charge is 1.00 e. The van der Waals surface area contributed by atoms with Crippen LogP contribution in [-0.4, -0.2) is 75.8 Å². The number of anilines is 1. The molecule has 2 aromatic rings. The molecule has 140 valence electrons. The summed E-state index contributed by atoms with van der Waals surface area (Å²) in [7, 11) is -0.808. The minimum Gasteiger partial charge on any atom is -0.809 e. The molecule has 11 nitrogen and oxygen atoms in total. The predicted octanol–water partition coefficient (Wildman–Crippen LogP) is -7.94. The fraction of sp³-hybridized carbons (Fsp3) is 0.615. The van der Waals surface area contributed by atoms with Crippen LogP contribution in [0.15, 0.2) is 12.7 Å². The van der Waals surface area contributed by atoms with Crippen molar-refractivity contribution >= 4 is 24.6 Å². The fourth-order valence-corrected chi connectivity index (χ4v) is 2.45. The van der Waals surface area contributed by atoms with Crippen molar-refractivity contribution in [3.8, 4) is 0 Å². The van der Waals surface area contributed by atoms with Crippen molar-refractivity contribution in [3.63, 3.8) is 0 Å². The van der Waals surface area contributed by atoms with E-state index in [2.05, 4.69) is 20.3 Å². The molecule has 0 aliphatic heterocycles. The molecule has 0 aliphatic carbocycles. The number of fused-ring (bicyclic) bond motifs is 1. The van der Waals surface area contributed by atoms with Gasteiger partial charge in [-0.05, 0) is 21.7 Å². The summed E-state index contributed by atoms with van der Waals surface area (Å²) in [5.41, 5.74) is 1.10. The number of nitrogens with zero attached hydrogens (tertiary/aromatic N) is 5. The van der Waals surface area contributed by atoms with E-state index < -0.39 is 20.0 Å². The molecule has 0 amide bonds. The molecule has 2 heterocycles. The second-order valence-corrected chi connectivity index (χ2v) is 7.27. The van der Waals surface area contributed by atoms with Gasteiger partial charge < -0.3 is 39.0 Å². The van der Waals surface area contributed by atoms with Crippen LogP contribution in [-0.2, 0) is 15.8 Å². The van der Waals surface area contributed by atoms with E-state index in [1.54, 1.807) is 4.57 Å². The van der Waals surface area contributed by atoms with Crippen molar-refractivity contribution in [1.82, 2.24) is 24.4 Å². The summed E-state index contributed by atoms with van der Waals surface area (Å²) in [5, 5.41) is 13.1. The Bertz CT molecular complexity index is 743. The molecule has 1 atom stereocenters. The fourth-order valence-electron chi connectivity index (χ4n) is 2.12. The second-order valence-electron chi connectivity index (χ2n) is 5.79. The molecule has 27 heavy (non-hydrogen) atoms. The van der Waals surface area contributed by atoms with E-state index in [0.29, 0.717) is 23.5 Å². The smallest absolute Gasteiger partial charge is 0.809 e. The first kappa shape index (κ1) is 27.4. The Morgan fingerprint density at radius 3 is 2.67 bits per heavy atom. The standard InChI is InChI=1S/C13H23N6O5P.2Na/c1-18(2)4-3-14-12-11-13(16-7-15-12)19(8-17-11)5-10(20)6-24-9-25(21,22)23;;/h7-8,10,20H,3-6,9H2,1-2H3,(H,14,15,16)(H2,21,22,23);;/q;2*+1/p-2. The molecule has 0 aromatic carbocycles. The van der Waals surface area contributed by atoms with E-state index >= 15 is 0 Å². The SMILES string of the molecule is CN(C)CCNc1ncnc2c1ncn2CC(O)COCP(=O)([O-])[O-].[Na+].[Na+]. The van der Waals surface area contributed by atoms with Crippen LogP contribution in [0.5, 0.6) is 0 Å². The number of nitrogens with one attached hydrogen (secondary N) is 1. The summed E-state index contributed by atoms with van der Waals surface area (Å²) in [6.07, 6.45) is 0.943. The predicted molar refractivity (Wildman–Crippen MR) is 86.8 cm³/mol. The normalized spacial score (nSPS) is 12.5. The topological polar surface area (TPSA) is 152 Å². The number of ether oxygens (including phenoxy) is 1. The molecule has 1 unspecified atom stereocenters. The van der Waals surface area contributed by atoms with Gasteiger partial charge in [0.25, 0.3) is 0 Å². The van der Waals surface area contributed by atoms with E-state index in [4.69, 9.17) is 4.74 Å². The molecular formula is C13H21N6Na2O5P. The van der Waals surface area contributed by atoms with Gasteiger partial charge in [-0.3, -0.25) is 0 Å². The van der Waals surface area contributed by atoms with Gasteiger partial charge in [0.15, 0.2) is 11.5 Å². The van der Waals surface area contributed by atoms with Gasteiger partial charge in [0.1, 0.15) is 11.8 Å². The third-order valence-electron chi connectivity index (χ3n) is 3.22. The van der Waals surface area contributed by atoms with E-state index in [0.717, 1.165) is 6.54 Å². The van der Waals surface area contributed by atoms with Gasteiger partial charge in [-0.2, -0.15) is 0 Å². The number of rotatable bonds is 10. The van der Waals surface area contributed by atoms with Crippen molar-refractivity contribution in [2.75, 3.05) is 45.5 Å². The zero-order valence-corrected chi connectivity index (χ0v) is 20.9. The first-order valence-corrected chi connectivity index (χ1v) is 9.30. The number of aliphatic hydroxyl groups excluding tert-OH is 1. The summed E-state index contributed by atoms with van der Waals surface area (Å²) >= 11 is 0. The van der Waals surface area contributed by atoms with Crippen LogP contribution in [0, 0.1) is 0 Å². The number of hydrogen-bond acceptors (Lipinski definition) is 10. The molecule has 2 rings (SSSR count). The quantitative estimate of drug-likeness (QED) is 0.281. The third-order valence-corrected chi connectivity index (χ3v) is 3.72. The Balaban J connectivity index is 0.00000338. The number of likely N-dealkylation sites (N-methyl/N-ethyl adjacent to an activating group) is 1. The summed E-state index contributed by atoms with van der Waals surface area (Å²) < 4.78 is 16.8. The van der Waals surface area contributed by atoms with Gasteiger partial charge in [-0.25, -0.2) is 15.0 Å². The minimum atomic E-state index is -4.74. The Morgan fingerprint density at radius 1 is 1.33 bits per heavy atom. The molecule has 0 radical (unpaired) electrons.